The van der Waals surface area contributed by atoms with Crippen molar-refractivity contribution in [2.45, 2.75) is 44.4 Å². The summed E-state index contributed by atoms with van der Waals surface area (Å²) in [6.07, 6.45) is 6.69. The van der Waals surface area contributed by atoms with Gasteiger partial charge in [-0.05, 0) is 37.0 Å². The minimum atomic E-state index is -3.19. The highest BCUT2D eigenvalue weighted by Crippen LogP contribution is 2.23. The molecule has 10 nitrogen and oxygen atoms in total. The highest BCUT2D eigenvalue weighted by atomic mass is 32.2. The molecular formula is C24H26N6O4S. The van der Waals surface area contributed by atoms with Gasteiger partial charge >= 0.3 is 5.69 Å². The molecule has 3 N–H and O–H groups in total. The highest BCUT2D eigenvalue weighted by Gasteiger charge is 2.20. The third kappa shape index (κ3) is 5.19. The van der Waals surface area contributed by atoms with Crippen molar-refractivity contribution in [2.24, 2.45) is 4.99 Å². The molecule has 0 aliphatic heterocycles. The molecule has 1 fully saturated rings. The smallest absolute Gasteiger partial charge is 0.326 e. The van der Waals surface area contributed by atoms with Crippen LogP contribution in [0, 0.1) is 0 Å². The lowest BCUT2D eigenvalue weighted by Gasteiger charge is -2.07. The standard InChI is InChI=1S/C24H26N6O4S/c1-2-3-9-35(33,34)14-15-5-4-6-16(10-15)19-12-21(26-18-7-8-18)30-22(27-19)17(13-25-30)11-20-23(31)29-24(32)28-20/h4-6,10-13,18,31H,2-3,7-9,14H2,1H3,(H2,28,29,32)/b17-11-,26-21?. The molecule has 0 bridgehead atoms. The summed E-state index contributed by atoms with van der Waals surface area (Å²) < 4.78 is 26.6. The van der Waals surface area contributed by atoms with E-state index in [1.165, 1.54) is 0 Å². The molecule has 0 saturated heterocycles. The van der Waals surface area contributed by atoms with Crippen LogP contribution in [-0.4, -0.2) is 49.9 Å². The maximum atomic E-state index is 12.5. The van der Waals surface area contributed by atoms with Crippen LogP contribution >= 0.6 is 0 Å². The molecule has 3 heterocycles. The van der Waals surface area contributed by atoms with E-state index in [1.54, 1.807) is 16.8 Å². The van der Waals surface area contributed by atoms with Crippen molar-refractivity contribution in [1.82, 2.24) is 24.6 Å². The Balaban J connectivity index is 1.62. The van der Waals surface area contributed by atoms with Crippen molar-refractivity contribution >= 4 is 21.6 Å². The Morgan fingerprint density at radius 2 is 2.09 bits per heavy atom. The summed E-state index contributed by atoms with van der Waals surface area (Å²) in [6, 6.07) is 9.46. The number of nitrogens with one attached hydrogen (secondary N) is 2. The molecule has 0 radical (unpaired) electrons. The van der Waals surface area contributed by atoms with Gasteiger partial charge in [-0.1, -0.05) is 31.5 Å². The van der Waals surface area contributed by atoms with Crippen LogP contribution in [-0.2, 0) is 15.6 Å². The molecule has 0 unspecified atom stereocenters. The zero-order chi connectivity index (χ0) is 24.6. The number of H-pyrrole nitrogens is 2. The monoisotopic (exact) mass is 494 g/mol. The lowest BCUT2D eigenvalue weighted by molar-refractivity contribution is 0.454. The van der Waals surface area contributed by atoms with E-state index < -0.39 is 15.5 Å². The van der Waals surface area contributed by atoms with Gasteiger partial charge in [-0.3, -0.25) is 9.98 Å². The van der Waals surface area contributed by atoms with Crippen molar-refractivity contribution < 1.29 is 13.5 Å². The molecule has 0 amide bonds. The summed E-state index contributed by atoms with van der Waals surface area (Å²) in [5, 5.41) is 15.0. The van der Waals surface area contributed by atoms with Gasteiger partial charge in [0.05, 0.1) is 29.4 Å². The van der Waals surface area contributed by atoms with Crippen molar-refractivity contribution in [1.29, 1.82) is 0 Å². The summed E-state index contributed by atoms with van der Waals surface area (Å²) in [5.74, 6) is -0.120. The van der Waals surface area contributed by atoms with Crippen LogP contribution in [0.3, 0.4) is 0 Å². The molecule has 1 aliphatic rings. The van der Waals surface area contributed by atoms with Crippen LogP contribution in [0.4, 0.5) is 0 Å². The van der Waals surface area contributed by atoms with Crippen LogP contribution in [0.1, 0.15) is 43.9 Å². The second kappa shape index (κ2) is 9.14. The third-order valence-corrected chi connectivity index (χ3v) is 7.48. The van der Waals surface area contributed by atoms with Crippen molar-refractivity contribution in [2.75, 3.05) is 5.75 Å². The summed E-state index contributed by atoms with van der Waals surface area (Å²) in [5.41, 5.74) is 2.95. The average Bonchev–Trinajstić information content (AvgIpc) is 3.45. The zero-order valence-electron chi connectivity index (χ0n) is 19.2. The number of aromatic hydroxyl groups is 1. The normalized spacial score (nSPS) is 15.3. The summed E-state index contributed by atoms with van der Waals surface area (Å²) in [4.78, 5) is 25.9. The Hall–Kier alpha value is -3.73. The van der Waals surface area contributed by atoms with E-state index in [1.807, 2.05) is 37.3 Å². The van der Waals surface area contributed by atoms with Gasteiger partial charge in [0, 0.05) is 16.8 Å². The molecule has 182 valence electrons. The first-order chi connectivity index (χ1) is 16.8. The SMILES string of the molecule is CCCCS(=O)(=O)Cc1cccc(-c2cc(=NC3CC3)n3nc/c(=C/c4[nH]c(=O)[nH]c4O)c3n2)c1. The minimum absolute atomic E-state index is 0.0196. The predicted octanol–water partition coefficient (Wildman–Crippen LogP) is 1.44. The fourth-order valence-electron chi connectivity index (χ4n) is 3.85. The molecule has 11 heteroatoms. The fourth-order valence-corrected chi connectivity index (χ4v) is 5.41. The van der Waals surface area contributed by atoms with E-state index in [0.29, 0.717) is 34.0 Å². The van der Waals surface area contributed by atoms with Crippen molar-refractivity contribution in [3.05, 3.63) is 69.0 Å². The third-order valence-electron chi connectivity index (χ3n) is 5.80. The molecular weight excluding hydrogens is 468 g/mol. The number of fused-ring (bicyclic) bond motifs is 1. The summed E-state index contributed by atoms with van der Waals surface area (Å²) in [6.45, 7) is 1.97. The largest absolute Gasteiger partial charge is 0.493 e. The minimum Gasteiger partial charge on any atom is -0.493 e. The Morgan fingerprint density at radius 3 is 2.80 bits per heavy atom. The molecule has 0 spiro atoms. The number of hydrogen-bond acceptors (Lipinski definition) is 7. The Morgan fingerprint density at radius 1 is 1.26 bits per heavy atom. The van der Waals surface area contributed by atoms with E-state index >= 15 is 0 Å². The van der Waals surface area contributed by atoms with Crippen molar-refractivity contribution in [3.8, 4) is 17.1 Å². The maximum Gasteiger partial charge on any atom is 0.326 e. The van der Waals surface area contributed by atoms with Gasteiger partial charge in [-0.2, -0.15) is 9.61 Å². The van der Waals surface area contributed by atoms with Crippen LogP contribution < -0.4 is 16.4 Å². The van der Waals surface area contributed by atoms with Crippen LogP contribution in [0.25, 0.3) is 23.0 Å². The number of benzene rings is 1. The molecule has 1 saturated carbocycles. The van der Waals surface area contributed by atoms with Crippen molar-refractivity contribution in [3.63, 3.8) is 0 Å². The number of nitrogens with zero attached hydrogens (tertiary/aromatic N) is 4. The molecule has 1 aliphatic carbocycles. The maximum absolute atomic E-state index is 12.5. The van der Waals surface area contributed by atoms with E-state index in [-0.39, 0.29) is 29.1 Å². The number of aromatic nitrogens is 5. The van der Waals surface area contributed by atoms with Crippen LogP contribution in [0.15, 0.2) is 46.3 Å². The van der Waals surface area contributed by atoms with E-state index in [4.69, 9.17) is 9.98 Å². The molecule has 3 aromatic heterocycles. The second-order valence-corrected chi connectivity index (χ2v) is 11.0. The van der Waals surface area contributed by atoms with Gasteiger partial charge in [-0.15, -0.1) is 0 Å². The first-order valence-electron chi connectivity index (χ1n) is 11.6. The Bertz CT molecular complexity index is 1680. The van der Waals surface area contributed by atoms with Gasteiger partial charge in [0.25, 0.3) is 0 Å². The van der Waals surface area contributed by atoms with E-state index in [2.05, 4.69) is 15.1 Å². The topological polar surface area (TPSA) is 146 Å². The molecule has 0 atom stereocenters. The second-order valence-electron chi connectivity index (χ2n) is 8.83. The number of unbranched alkanes of at least 4 members (excludes halogenated alkanes) is 1. The number of rotatable bonds is 8. The molecule has 4 aromatic rings. The zero-order valence-corrected chi connectivity index (χ0v) is 20.0. The highest BCUT2D eigenvalue weighted by molar-refractivity contribution is 7.90. The van der Waals surface area contributed by atoms with Gasteiger partial charge in [0.1, 0.15) is 5.69 Å². The van der Waals surface area contributed by atoms with Gasteiger partial charge in [0.15, 0.2) is 21.0 Å². The first-order valence-corrected chi connectivity index (χ1v) is 13.4. The number of imidazole rings is 1. The fraction of sp³-hybridized carbons (Fsp3) is 0.333. The summed E-state index contributed by atoms with van der Waals surface area (Å²) >= 11 is 0. The molecule has 35 heavy (non-hydrogen) atoms. The number of hydrogen-bond donors (Lipinski definition) is 3. The number of sulfone groups is 1. The average molecular weight is 495 g/mol. The lowest BCUT2D eigenvalue weighted by atomic mass is 10.1. The van der Waals surface area contributed by atoms with Crippen LogP contribution in [0.2, 0.25) is 0 Å². The van der Waals surface area contributed by atoms with Gasteiger partial charge < -0.3 is 10.1 Å². The van der Waals surface area contributed by atoms with E-state index in [9.17, 15) is 18.3 Å². The Kier molecular flexibility index (Phi) is 6.01. The van der Waals surface area contributed by atoms with Crippen LogP contribution in [0.5, 0.6) is 5.88 Å². The molecule has 1 aromatic carbocycles. The quantitative estimate of drug-likeness (QED) is 0.338. The van der Waals surface area contributed by atoms with E-state index in [0.717, 1.165) is 24.8 Å². The summed E-state index contributed by atoms with van der Waals surface area (Å²) in [7, 11) is -3.19. The predicted molar refractivity (Wildman–Crippen MR) is 131 cm³/mol. The molecule has 5 rings (SSSR count). The Labute approximate surface area is 201 Å². The first kappa shape index (κ1) is 23.0. The lowest BCUT2D eigenvalue weighted by Crippen LogP contribution is -2.19. The van der Waals surface area contributed by atoms with Gasteiger partial charge in [-0.25, -0.2) is 18.2 Å². The number of aromatic amines is 2. The van der Waals surface area contributed by atoms with Gasteiger partial charge in [0.2, 0.25) is 5.88 Å².